The molecule has 1 nitrogen and oxygen atoms in total. The highest BCUT2D eigenvalue weighted by molar-refractivity contribution is 8.10. The summed E-state index contributed by atoms with van der Waals surface area (Å²) in [7, 11) is 0. The minimum Gasteiger partial charge on any atom is -0.349 e. The summed E-state index contributed by atoms with van der Waals surface area (Å²) in [5.74, 6) is 0. The molecule has 0 aliphatic heterocycles. The summed E-state index contributed by atoms with van der Waals surface area (Å²) in [6.07, 6.45) is 7.45. The fourth-order valence-corrected chi connectivity index (χ4v) is 2.12. The number of hydrogen-bond acceptors (Lipinski definition) is 1. The van der Waals surface area contributed by atoms with Crippen LogP contribution in [0.4, 0.5) is 0 Å². The summed E-state index contributed by atoms with van der Waals surface area (Å²) in [6.45, 7) is 1.69. The van der Waals surface area contributed by atoms with Gasteiger partial charge in [0.25, 0.3) is 0 Å². The van der Waals surface area contributed by atoms with Crippen molar-refractivity contribution in [3.63, 3.8) is 0 Å². The number of thiocarbonyl (C=S) groups is 1. The van der Waals surface area contributed by atoms with E-state index in [0.717, 1.165) is 19.5 Å². The van der Waals surface area contributed by atoms with Crippen LogP contribution < -0.4 is 0 Å². The molecule has 0 bridgehead atoms. The summed E-state index contributed by atoms with van der Waals surface area (Å²) >= 11 is 9.50. The Kier molecular flexibility index (Phi) is 4.40. The van der Waals surface area contributed by atoms with Crippen LogP contribution in [0.25, 0.3) is 0 Å². The molecule has 0 saturated heterocycles. The SMILES string of the molecule is S=C(S)N(CC1=CC=CC1)Cc1ccccc1. The third kappa shape index (κ3) is 3.72. The lowest BCUT2D eigenvalue weighted by Gasteiger charge is -2.23. The molecule has 0 atom stereocenters. The predicted octanol–water partition coefficient (Wildman–Crippen LogP) is 3.59. The Hall–Kier alpha value is -1.06. The highest BCUT2D eigenvalue weighted by atomic mass is 32.1. The van der Waals surface area contributed by atoms with E-state index < -0.39 is 0 Å². The second kappa shape index (κ2) is 6.03. The molecule has 3 heteroatoms. The zero-order valence-corrected chi connectivity index (χ0v) is 11.3. The molecule has 0 heterocycles. The topological polar surface area (TPSA) is 3.24 Å². The molecule has 17 heavy (non-hydrogen) atoms. The molecule has 88 valence electrons. The number of benzene rings is 1. The van der Waals surface area contributed by atoms with E-state index in [1.807, 2.05) is 18.2 Å². The fraction of sp³-hybridized carbons (Fsp3) is 0.214. The Morgan fingerprint density at radius 1 is 1.24 bits per heavy atom. The van der Waals surface area contributed by atoms with Crippen molar-refractivity contribution in [2.45, 2.75) is 13.0 Å². The summed E-state index contributed by atoms with van der Waals surface area (Å²) in [5.41, 5.74) is 2.65. The number of rotatable bonds is 4. The van der Waals surface area contributed by atoms with Gasteiger partial charge in [-0.25, -0.2) is 0 Å². The van der Waals surface area contributed by atoms with E-state index in [9.17, 15) is 0 Å². The monoisotopic (exact) mass is 261 g/mol. The van der Waals surface area contributed by atoms with Gasteiger partial charge in [0.15, 0.2) is 0 Å². The van der Waals surface area contributed by atoms with Crippen LogP contribution in [0.15, 0.2) is 54.1 Å². The lowest BCUT2D eigenvalue weighted by atomic mass is 10.2. The van der Waals surface area contributed by atoms with Gasteiger partial charge >= 0.3 is 0 Å². The molecular formula is C14H15NS2. The van der Waals surface area contributed by atoms with Crippen LogP contribution in [0.3, 0.4) is 0 Å². The van der Waals surface area contributed by atoms with Crippen LogP contribution >= 0.6 is 24.8 Å². The zero-order chi connectivity index (χ0) is 12.1. The van der Waals surface area contributed by atoms with Gasteiger partial charge in [-0.1, -0.05) is 60.8 Å². The van der Waals surface area contributed by atoms with Crippen LogP contribution in [0.2, 0.25) is 0 Å². The Labute approximate surface area is 113 Å². The van der Waals surface area contributed by atoms with E-state index in [-0.39, 0.29) is 0 Å². The van der Waals surface area contributed by atoms with Gasteiger partial charge in [-0.3, -0.25) is 0 Å². The minimum absolute atomic E-state index is 0.654. The smallest absolute Gasteiger partial charge is 0.133 e. The molecule has 1 aromatic rings. The number of thiol groups is 1. The molecule has 0 aromatic heterocycles. The minimum atomic E-state index is 0.654. The Balaban J connectivity index is 2.00. The van der Waals surface area contributed by atoms with Crippen LogP contribution in [-0.2, 0) is 6.54 Å². The van der Waals surface area contributed by atoms with E-state index in [0.29, 0.717) is 4.32 Å². The second-order valence-electron chi connectivity index (χ2n) is 4.08. The summed E-state index contributed by atoms with van der Waals surface area (Å²) in [4.78, 5) is 2.12. The standard InChI is InChI=1S/C14H15NS2/c16-14(17)15(11-13-8-4-5-9-13)10-12-6-2-1-3-7-12/h1-8H,9-11H2,(H,16,17). The van der Waals surface area contributed by atoms with Crippen LogP contribution in [-0.4, -0.2) is 15.8 Å². The van der Waals surface area contributed by atoms with E-state index in [1.165, 1.54) is 11.1 Å². The molecule has 0 radical (unpaired) electrons. The van der Waals surface area contributed by atoms with Crippen molar-refractivity contribution in [2.24, 2.45) is 0 Å². The Morgan fingerprint density at radius 2 is 2.00 bits per heavy atom. The van der Waals surface area contributed by atoms with Crippen molar-refractivity contribution in [1.82, 2.24) is 4.90 Å². The number of allylic oxidation sites excluding steroid dienone is 3. The van der Waals surface area contributed by atoms with Gasteiger partial charge in [-0.2, -0.15) is 0 Å². The normalized spacial score (nSPS) is 13.6. The van der Waals surface area contributed by atoms with E-state index >= 15 is 0 Å². The van der Waals surface area contributed by atoms with Crippen LogP contribution in [0, 0.1) is 0 Å². The van der Waals surface area contributed by atoms with Crippen molar-refractivity contribution in [3.8, 4) is 0 Å². The lowest BCUT2D eigenvalue weighted by molar-refractivity contribution is 0.460. The Bertz CT molecular complexity index is 449. The van der Waals surface area contributed by atoms with Crippen molar-refractivity contribution < 1.29 is 0 Å². The molecule has 1 aliphatic carbocycles. The molecule has 0 unspecified atom stereocenters. The quantitative estimate of drug-likeness (QED) is 0.652. The highest BCUT2D eigenvalue weighted by Gasteiger charge is 2.10. The number of hydrogen-bond donors (Lipinski definition) is 1. The van der Waals surface area contributed by atoms with Crippen LogP contribution in [0.1, 0.15) is 12.0 Å². The van der Waals surface area contributed by atoms with Crippen molar-refractivity contribution in [1.29, 1.82) is 0 Å². The van der Waals surface area contributed by atoms with Crippen LogP contribution in [0.5, 0.6) is 0 Å². The zero-order valence-electron chi connectivity index (χ0n) is 9.54. The molecule has 1 aliphatic rings. The maximum atomic E-state index is 5.19. The van der Waals surface area contributed by atoms with Gasteiger partial charge in [-0.05, 0) is 17.6 Å². The molecule has 0 amide bonds. The summed E-state index contributed by atoms with van der Waals surface area (Å²) < 4.78 is 0.654. The maximum Gasteiger partial charge on any atom is 0.133 e. The molecular weight excluding hydrogens is 246 g/mol. The first-order valence-corrected chi connectivity index (χ1v) is 6.47. The van der Waals surface area contributed by atoms with Crippen molar-refractivity contribution >= 4 is 29.2 Å². The second-order valence-corrected chi connectivity index (χ2v) is 5.19. The van der Waals surface area contributed by atoms with Crippen molar-refractivity contribution in [3.05, 3.63) is 59.7 Å². The molecule has 2 rings (SSSR count). The molecule has 0 spiro atoms. The first-order valence-electron chi connectivity index (χ1n) is 5.62. The third-order valence-electron chi connectivity index (χ3n) is 2.73. The fourth-order valence-electron chi connectivity index (χ4n) is 1.85. The van der Waals surface area contributed by atoms with E-state index in [1.54, 1.807) is 0 Å². The van der Waals surface area contributed by atoms with Gasteiger partial charge in [0.1, 0.15) is 4.32 Å². The Morgan fingerprint density at radius 3 is 2.59 bits per heavy atom. The van der Waals surface area contributed by atoms with Gasteiger partial charge < -0.3 is 4.90 Å². The van der Waals surface area contributed by atoms with Gasteiger partial charge in [0.05, 0.1) is 0 Å². The lowest BCUT2D eigenvalue weighted by Crippen LogP contribution is -2.27. The van der Waals surface area contributed by atoms with Gasteiger partial charge in [0, 0.05) is 13.1 Å². The van der Waals surface area contributed by atoms with E-state index in [4.69, 9.17) is 12.2 Å². The first kappa shape index (κ1) is 12.4. The van der Waals surface area contributed by atoms with Crippen molar-refractivity contribution in [2.75, 3.05) is 6.54 Å². The number of nitrogens with zero attached hydrogens (tertiary/aromatic N) is 1. The molecule has 0 fully saturated rings. The summed E-state index contributed by atoms with van der Waals surface area (Å²) in [6, 6.07) is 10.3. The largest absolute Gasteiger partial charge is 0.349 e. The average molecular weight is 261 g/mol. The molecule has 0 N–H and O–H groups in total. The molecule has 0 saturated carbocycles. The highest BCUT2D eigenvalue weighted by Crippen LogP contribution is 2.15. The van der Waals surface area contributed by atoms with E-state index in [2.05, 4.69) is 47.9 Å². The summed E-state index contributed by atoms with van der Waals surface area (Å²) in [5, 5.41) is 0. The first-order chi connectivity index (χ1) is 8.25. The van der Waals surface area contributed by atoms with Gasteiger partial charge in [0.2, 0.25) is 0 Å². The average Bonchev–Trinajstić information content (AvgIpc) is 2.82. The third-order valence-corrected chi connectivity index (χ3v) is 3.27. The maximum absolute atomic E-state index is 5.19. The predicted molar refractivity (Wildman–Crippen MR) is 80.3 cm³/mol. The van der Waals surface area contributed by atoms with Gasteiger partial charge in [-0.15, -0.1) is 12.6 Å². The molecule has 1 aromatic carbocycles.